The van der Waals surface area contributed by atoms with Crippen molar-refractivity contribution in [1.29, 1.82) is 0 Å². The van der Waals surface area contributed by atoms with Crippen LogP contribution in [-0.2, 0) is 4.74 Å². The van der Waals surface area contributed by atoms with Crippen LogP contribution < -0.4 is 11.1 Å². The lowest BCUT2D eigenvalue weighted by atomic mass is 9.76. The molecular weight excluding hydrogens is 176 g/mol. The second-order valence-electron chi connectivity index (χ2n) is 4.69. The van der Waals surface area contributed by atoms with Crippen molar-refractivity contribution >= 4 is 0 Å². The summed E-state index contributed by atoms with van der Waals surface area (Å²) in [4.78, 5) is 0. The van der Waals surface area contributed by atoms with Gasteiger partial charge in [0.1, 0.15) is 0 Å². The van der Waals surface area contributed by atoms with Gasteiger partial charge in [0, 0.05) is 25.7 Å². The van der Waals surface area contributed by atoms with Crippen LogP contribution in [0.1, 0.15) is 32.6 Å². The van der Waals surface area contributed by atoms with Crippen LogP contribution in [0.4, 0.5) is 0 Å². The molecule has 3 N–H and O–H groups in total. The minimum Gasteiger partial charge on any atom is -0.383 e. The van der Waals surface area contributed by atoms with E-state index in [9.17, 15) is 0 Å². The molecule has 0 aromatic carbocycles. The van der Waals surface area contributed by atoms with Gasteiger partial charge in [-0.05, 0) is 19.3 Å². The number of ether oxygens (including phenoxy) is 1. The summed E-state index contributed by atoms with van der Waals surface area (Å²) >= 11 is 0. The summed E-state index contributed by atoms with van der Waals surface area (Å²) in [5.41, 5.74) is 5.93. The Bertz CT molecular complexity index is 159. The summed E-state index contributed by atoms with van der Waals surface area (Å²) in [6.45, 7) is 4.60. The van der Waals surface area contributed by atoms with Crippen LogP contribution in [0.15, 0.2) is 0 Å². The zero-order valence-corrected chi connectivity index (χ0v) is 9.51. The Hall–Kier alpha value is -0.120. The van der Waals surface area contributed by atoms with E-state index in [-0.39, 0.29) is 5.54 Å². The Morgan fingerprint density at radius 1 is 1.50 bits per heavy atom. The van der Waals surface area contributed by atoms with Crippen molar-refractivity contribution in [3.63, 3.8) is 0 Å². The van der Waals surface area contributed by atoms with E-state index < -0.39 is 0 Å². The van der Waals surface area contributed by atoms with E-state index >= 15 is 0 Å². The molecule has 0 aliphatic heterocycles. The lowest BCUT2D eigenvalue weighted by Gasteiger charge is -2.37. The highest BCUT2D eigenvalue weighted by Gasteiger charge is 2.29. The minimum atomic E-state index is 0.115. The van der Waals surface area contributed by atoms with Crippen molar-refractivity contribution in [2.75, 3.05) is 26.8 Å². The van der Waals surface area contributed by atoms with Gasteiger partial charge in [-0.3, -0.25) is 0 Å². The van der Waals surface area contributed by atoms with Crippen molar-refractivity contribution < 1.29 is 4.74 Å². The van der Waals surface area contributed by atoms with Crippen LogP contribution >= 0.6 is 0 Å². The van der Waals surface area contributed by atoms with Gasteiger partial charge in [-0.1, -0.05) is 19.3 Å². The predicted molar refractivity (Wildman–Crippen MR) is 59.3 cm³/mol. The molecule has 0 spiro atoms. The van der Waals surface area contributed by atoms with Crippen molar-refractivity contribution in [2.45, 2.75) is 38.1 Å². The predicted octanol–water partition coefficient (Wildman–Crippen LogP) is 1.13. The molecule has 1 saturated carbocycles. The monoisotopic (exact) mass is 200 g/mol. The standard InChI is InChI=1S/C11H24N2O/c1-11(9-12,13-6-7-14-2)8-10-4-3-5-10/h10,13H,3-9,12H2,1-2H3. The van der Waals surface area contributed by atoms with E-state index in [2.05, 4.69) is 12.2 Å². The lowest BCUT2D eigenvalue weighted by Crippen LogP contribution is -2.51. The zero-order valence-electron chi connectivity index (χ0n) is 9.51. The van der Waals surface area contributed by atoms with Crippen molar-refractivity contribution in [1.82, 2.24) is 5.32 Å². The van der Waals surface area contributed by atoms with Crippen molar-refractivity contribution in [2.24, 2.45) is 11.7 Å². The maximum absolute atomic E-state index is 5.81. The smallest absolute Gasteiger partial charge is 0.0587 e. The quantitative estimate of drug-likeness (QED) is 0.606. The lowest BCUT2D eigenvalue weighted by molar-refractivity contribution is 0.167. The maximum atomic E-state index is 5.81. The van der Waals surface area contributed by atoms with Crippen LogP contribution in [0, 0.1) is 5.92 Å². The average molecular weight is 200 g/mol. The van der Waals surface area contributed by atoms with Crippen molar-refractivity contribution in [3.8, 4) is 0 Å². The fourth-order valence-corrected chi connectivity index (χ4v) is 2.02. The van der Waals surface area contributed by atoms with Gasteiger partial charge in [0.15, 0.2) is 0 Å². The number of hydrogen-bond donors (Lipinski definition) is 2. The maximum Gasteiger partial charge on any atom is 0.0587 e. The van der Waals surface area contributed by atoms with Crippen LogP contribution in [-0.4, -0.2) is 32.3 Å². The van der Waals surface area contributed by atoms with Gasteiger partial charge >= 0.3 is 0 Å². The van der Waals surface area contributed by atoms with Gasteiger partial charge in [0.05, 0.1) is 6.61 Å². The SMILES string of the molecule is COCCNC(C)(CN)CC1CCC1. The zero-order chi connectivity index (χ0) is 10.4. The molecule has 1 atom stereocenters. The molecule has 0 heterocycles. The second-order valence-corrected chi connectivity index (χ2v) is 4.69. The van der Waals surface area contributed by atoms with E-state index in [0.717, 1.165) is 19.1 Å². The summed E-state index contributed by atoms with van der Waals surface area (Å²) in [6.07, 6.45) is 5.40. The molecule has 1 rings (SSSR count). The number of methoxy groups -OCH3 is 1. The molecule has 0 aromatic rings. The molecule has 3 nitrogen and oxygen atoms in total. The normalized spacial score (nSPS) is 21.6. The van der Waals surface area contributed by atoms with E-state index in [4.69, 9.17) is 10.5 Å². The molecular formula is C11H24N2O. The average Bonchev–Trinajstić information content (AvgIpc) is 2.12. The van der Waals surface area contributed by atoms with E-state index in [1.54, 1.807) is 7.11 Å². The molecule has 0 aromatic heterocycles. The third-order valence-electron chi connectivity index (χ3n) is 3.27. The van der Waals surface area contributed by atoms with Crippen LogP contribution in [0.2, 0.25) is 0 Å². The first kappa shape index (κ1) is 12.0. The number of nitrogens with one attached hydrogen (secondary N) is 1. The summed E-state index contributed by atoms with van der Waals surface area (Å²) in [5, 5.41) is 3.50. The Morgan fingerprint density at radius 3 is 2.64 bits per heavy atom. The van der Waals surface area contributed by atoms with Gasteiger partial charge in [0.2, 0.25) is 0 Å². The molecule has 1 aliphatic rings. The third kappa shape index (κ3) is 3.56. The van der Waals surface area contributed by atoms with Crippen LogP contribution in [0.3, 0.4) is 0 Å². The van der Waals surface area contributed by atoms with Crippen LogP contribution in [0.5, 0.6) is 0 Å². The summed E-state index contributed by atoms with van der Waals surface area (Å²) in [6, 6.07) is 0. The fraction of sp³-hybridized carbons (Fsp3) is 1.00. The molecule has 0 bridgehead atoms. The molecule has 1 aliphatic carbocycles. The van der Waals surface area contributed by atoms with Gasteiger partial charge in [-0.25, -0.2) is 0 Å². The summed E-state index contributed by atoms with van der Waals surface area (Å²) < 4.78 is 5.02. The Kier molecular flexibility index (Phi) is 4.85. The van der Waals surface area contributed by atoms with E-state index in [1.165, 1.54) is 25.7 Å². The largest absolute Gasteiger partial charge is 0.383 e. The van der Waals surface area contributed by atoms with Crippen molar-refractivity contribution in [3.05, 3.63) is 0 Å². The number of hydrogen-bond acceptors (Lipinski definition) is 3. The highest BCUT2D eigenvalue weighted by Crippen LogP contribution is 2.33. The van der Waals surface area contributed by atoms with Gasteiger partial charge in [0.25, 0.3) is 0 Å². The first-order valence-electron chi connectivity index (χ1n) is 5.64. The van der Waals surface area contributed by atoms with Crippen LogP contribution in [0.25, 0.3) is 0 Å². The van der Waals surface area contributed by atoms with E-state index in [0.29, 0.717) is 6.54 Å². The topological polar surface area (TPSA) is 47.3 Å². The van der Waals surface area contributed by atoms with Gasteiger partial charge in [-0.2, -0.15) is 0 Å². The molecule has 84 valence electrons. The highest BCUT2D eigenvalue weighted by molar-refractivity contribution is 4.88. The molecule has 3 heteroatoms. The van der Waals surface area contributed by atoms with E-state index in [1.807, 2.05) is 0 Å². The molecule has 0 amide bonds. The summed E-state index contributed by atoms with van der Waals surface area (Å²) in [5.74, 6) is 0.901. The molecule has 0 saturated heterocycles. The first-order valence-corrected chi connectivity index (χ1v) is 5.64. The minimum absolute atomic E-state index is 0.115. The molecule has 14 heavy (non-hydrogen) atoms. The molecule has 0 radical (unpaired) electrons. The molecule has 1 fully saturated rings. The number of nitrogens with two attached hydrogens (primary N) is 1. The summed E-state index contributed by atoms with van der Waals surface area (Å²) in [7, 11) is 1.73. The first-order chi connectivity index (χ1) is 6.70. The Morgan fingerprint density at radius 2 is 2.21 bits per heavy atom. The third-order valence-corrected chi connectivity index (χ3v) is 3.27. The Balaban J connectivity index is 2.23. The van der Waals surface area contributed by atoms with Gasteiger partial charge < -0.3 is 15.8 Å². The fourth-order valence-electron chi connectivity index (χ4n) is 2.02. The number of rotatable bonds is 7. The second kappa shape index (κ2) is 5.69. The van der Waals surface area contributed by atoms with Gasteiger partial charge in [-0.15, -0.1) is 0 Å². The highest BCUT2D eigenvalue weighted by atomic mass is 16.5. The Labute approximate surface area is 87.4 Å². The molecule has 1 unspecified atom stereocenters.